The van der Waals surface area contributed by atoms with Crippen LogP contribution in [-0.2, 0) is 0 Å². The molecule has 13 heavy (non-hydrogen) atoms. The molecule has 2 aromatic heterocycles. The van der Waals surface area contributed by atoms with Gasteiger partial charge < -0.3 is 5.73 Å². The van der Waals surface area contributed by atoms with Crippen LogP contribution in [0.3, 0.4) is 0 Å². The van der Waals surface area contributed by atoms with Crippen LogP contribution in [0, 0.1) is 0 Å². The smallest absolute Gasteiger partial charge is 0.234 e. The minimum Gasteiger partial charge on any atom is -0.396 e. The van der Waals surface area contributed by atoms with E-state index >= 15 is 0 Å². The van der Waals surface area contributed by atoms with E-state index in [4.69, 9.17) is 8.48 Å². The average Bonchev–Trinajstić information content (AvgIpc) is 2.44. The molecule has 6 heteroatoms. The topological polar surface area (TPSA) is 69.6 Å². The first-order valence-corrected chi connectivity index (χ1v) is 4.18. The van der Waals surface area contributed by atoms with Gasteiger partial charge in [0.1, 0.15) is 12.3 Å². The quantitative estimate of drug-likeness (QED) is 0.810. The van der Waals surface area contributed by atoms with Crippen LogP contribution in [0.2, 0.25) is 0 Å². The van der Waals surface area contributed by atoms with Crippen molar-refractivity contribution in [3.63, 3.8) is 0 Å². The molecule has 5 nitrogen and oxygen atoms in total. The lowest BCUT2D eigenvalue weighted by molar-refractivity contribution is 0.927. The molecule has 0 amide bonds. The molecule has 0 aromatic carbocycles. The van der Waals surface area contributed by atoms with Crippen molar-refractivity contribution < 1.29 is 2.74 Å². The molecule has 66 valence electrons. The summed E-state index contributed by atoms with van der Waals surface area (Å²) in [4.78, 5) is 11.6. The molecule has 2 rings (SSSR count). The number of hydrogen-bond acceptors (Lipinski definition) is 4. The largest absolute Gasteiger partial charge is 0.396 e. The van der Waals surface area contributed by atoms with Crippen LogP contribution in [0.25, 0.3) is 5.95 Å². The molecule has 0 aliphatic heterocycles. The lowest BCUT2D eigenvalue weighted by atomic mass is 10.6. The molecule has 0 bridgehead atoms. The van der Waals surface area contributed by atoms with Gasteiger partial charge in [-0.25, -0.2) is 15.0 Å². The zero-order chi connectivity index (χ0) is 11.0. The van der Waals surface area contributed by atoms with Gasteiger partial charge in [0.15, 0.2) is 0 Å². The first-order valence-electron chi connectivity index (χ1n) is 4.39. The predicted octanol–water partition coefficient (Wildman–Crippen LogP) is 1.01. The van der Waals surface area contributed by atoms with Gasteiger partial charge in [-0.3, -0.25) is 4.57 Å². The van der Waals surface area contributed by atoms with Gasteiger partial charge in [0, 0.05) is 6.17 Å². The second kappa shape index (κ2) is 3.14. The molecule has 0 aliphatic carbocycles. The lowest BCUT2D eigenvalue weighted by Gasteiger charge is -1.98. The highest BCUT2D eigenvalue weighted by Crippen LogP contribution is 2.08. The van der Waals surface area contributed by atoms with Crippen LogP contribution >= 0.6 is 15.9 Å². The number of nitrogens with two attached hydrogens (primary N) is 1. The fraction of sp³-hybridized carbons (Fsp3) is 0. The fourth-order valence-corrected chi connectivity index (χ4v) is 1.03. The Labute approximate surface area is 85.6 Å². The molecule has 0 atom stereocenters. The summed E-state index contributed by atoms with van der Waals surface area (Å²) in [6.07, 6.45) is 2.76. The minimum atomic E-state index is -0.100. The molecule has 2 heterocycles. The summed E-state index contributed by atoms with van der Waals surface area (Å²) in [5.74, 6) is 0.206. The Morgan fingerprint density at radius 3 is 2.62 bits per heavy atom. The number of hydrogen-bond donors (Lipinski definition) is 1. The minimum absolute atomic E-state index is 0.0322. The van der Waals surface area contributed by atoms with E-state index in [0.717, 1.165) is 0 Å². The summed E-state index contributed by atoms with van der Waals surface area (Å²) in [6, 6.07) is 0. The Hall–Kier alpha value is -1.43. The van der Waals surface area contributed by atoms with Crippen molar-refractivity contribution in [3.05, 3.63) is 29.5 Å². The van der Waals surface area contributed by atoms with E-state index in [2.05, 4.69) is 30.9 Å². The van der Waals surface area contributed by atoms with E-state index in [1.54, 1.807) is 0 Å². The van der Waals surface area contributed by atoms with Gasteiger partial charge in [-0.15, -0.1) is 0 Å². The Bertz CT molecular complexity index is 495. The van der Waals surface area contributed by atoms with Crippen molar-refractivity contribution >= 4 is 21.6 Å². The third-order valence-corrected chi connectivity index (χ3v) is 1.67. The van der Waals surface area contributed by atoms with Gasteiger partial charge >= 0.3 is 0 Å². The molecular weight excluding hydrogens is 234 g/mol. The number of aromatic nitrogens is 4. The van der Waals surface area contributed by atoms with Crippen LogP contribution in [0.15, 0.2) is 29.5 Å². The number of halogens is 1. The van der Waals surface area contributed by atoms with E-state index in [0.29, 0.717) is 5.69 Å². The standard InChI is InChI=1S/C7H6BrN5/c8-6-3-13(4-12-6)7-10-1-5(9)2-11-7/h1-4H,9H2/i3D,4D. The molecule has 0 fully saturated rings. The number of imidazole rings is 1. The molecule has 2 N–H and O–H groups in total. The first kappa shape index (κ1) is 6.09. The van der Waals surface area contributed by atoms with Crippen molar-refractivity contribution in [3.8, 4) is 5.95 Å². The zero-order valence-electron chi connectivity index (χ0n) is 8.40. The number of anilines is 1. The third-order valence-electron chi connectivity index (χ3n) is 1.31. The van der Waals surface area contributed by atoms with E-state index in [1.807, 2.05) is 0 Å². The summed E-state index contributed by atoms with van der Waals surface area (Å²) in [7, 11) is 0. The van der Waals surface area contributed by atoms with Crippen molar-refractivity contribution in [1.29, 1.82) is 0 Å². The van der Waals surface area contributed by atoms with Gasteiger partial charge in [-0.05, 0) is 15.9 Å². The van der Waals surface area contributed by atoms with Crippen LogP contribution in [0.4, 0.5) is 5.69 Å². The molecule has 0 unspecified atom stereocenters. The second-order valence-corrected chi connectivity index (χ2v) is 3.02. The van der Waals surface area contributed by atoms with Gasteiger partial charge in [0.05, 0.1) is 19.5 Å². The second-order valence-electron chi connectivity index (χ2n) is 2.27. The molecule has 0 saturated carbocycles. The summed E-state index contributed by atoms with van der Waals surface area (Å²) < 4.78 is 16.6. The zero-order valence-corrected chi connectivity index (χ0v) is 7.98. The number of rotatable bonds is 1. The molecule has 0 saturated heterocycles. The molecule has 0 aliphatic rings. The maximum absolute atomic E-state index is 7.63. The van der Waals surface area contributed by atoms with Crippen LogP contribution in [-0.4, -0.2) is 19.5 Å². The van der Waals surface area contributed by atoms with Crippen molar-refractivity contribution in [1.82, 2.24) is 19.5 Å². The highest BCUT2D eigenvalue weighted by Gasteiger charge is 1.99. The molecule has 2 aromatic rings. The van der Waals surface area contributed by atoms with E-state index in [1.165, 1.54) is 17.0 Å². The summed E-state index contributed by atoms with van der Waals surface area (Å²) in [6.45, 7) is 0. The lowest BCUT2D eigenvalue weighted by Crippen LogP contribution is -1.98. The highest BCUT2D eigenvalue weighted by molar-refractivity contribution is 9.10. The highest BCUT2D eigenvalue weighted by atomic mass is 79.9. The Morgan fingerprint density at radius 1 is 1.38 bits per heavy atom. The van der Waals surface area contributed by atoms with E-state index < -0.39 is 0 Å². The van der Waals surface area contributed by atoms with Crippen molar-refractivity contribution in [2.24, 2.45) is 0 Å². The van der Waals surface area contributed by atoms with Crippen LogP contribution < -0.4 is 5.73 Å². The van der Waals surface area contributed by atoms with Gasteiger partial charge in [0.25, 0.3) is 0 Å². The van der Waals surface area contributed by atoms with Gasteiger partial charge in [-0.2, -0.15) is 0 Å². The summed E-state index contributed by atoms with van der Waals surface area (Å²) in [5.41, 5.74) is 5.86. The molecule has 0 radical (unpaired) electrons. The Morgan fingerprint density at radius 2 is 2.08 bits per heavy atom. The first-order chi connectivity index (χ1) is 7.09. The molecule has 0 spiro atoms. The van der Waals surface area contributed by atoms with Crippen LogP contribution in [0.1, 0.15) is 2.74 Å². The maximum Gasteiger partial charge on any atom is 0.234 e. The van der Waals surface area contributed by atoms with Crippen molar-refractivity contribution in [2.45, 2.75) is 0 Å². The van der Waals surface area contributed by atoms with Crippen molar-refractivity contribution in [2.75, 3.05) is 5.73 Å². The SMILES string of the molecule is [2H]c1nc(Br)c([2H])n1-c1ncc(N)cn1. The monoisotopic (exact) mass is 241 g/mol. The Balaban J connectivity index is 2.58. The fourth-order valence-electron chi connectivity index (χ4n) is 0.778. The van der Waals surface area contributed by atoms with E-state index in [9.17, 15) is 0 Å². The Kier molecular flexibility index (Phi) is 1.47. The summed E-state index contributed by atoms with van der Waals surface area (Å²) in [5, 5.41) is 0. The number of nitrogen functional groups attached to an aromatic ring is 1. The average molecular weight is 242 g/mol. The normalized spacial score (nSPS) is 12.4. The molecular formula is C7H6BrN5. The van der Waals surface area contributed by atoms with Crippen LogP contribution in [0.5, 0.6) is 0 Å². The van der Waals surface area contributed by atoms with Gasteiger partial charge in [0.2, 0.25) is 5.95 Å². The maximum atomic E-state index is 7.63. The number of nitrogens with zero attached hydrogens (tertiary/aromatic N) is 4. The van der Waals surface area contributed by atoms with E-state index in [-0.39, 0.29) is 23.0 Å². The predicted molar refractivity (Wildman–Crippen MR) is 51.3 cm³/mol. The third kappa shape index (κ3) is 1.67. The van der Waals surface area contributed by atoms with Gasteiger partial charge in [-0.1, -0.05) is 0 Å². The summed E-state index contributed by atoms with van der Waals surface area (Å²) >= 11 is 3.06.